The van der Waals surface area contributed by atoms with E-state index in [-0.39, 0.29) is 18.0 Å². The largest absolute Gasteiger partial charge is 0.489 e. The predicted octanol–water partition coefficient (Wildman–Crippen LogP) is 6.79. The standard InChI is InChI=1S/C30H44O6Si/c1-9-13-32-29-27-22(8)36-24(11-14-35-37(19(2)3,20(4)5)21(6)7)17-23(27)18-25-26(31)10-12-30(28(25)29)33-15-16-34-30/h9-10,12,18-22,24H,1,11,13-17H2,2-8H3/t22-,24-/m0/s1. The van der Waals surface area contributed by atoms with Crippen LogP contribution in [0, 0.1) is 0 Å². The Morgan fingerprint density at radius 3 is 2.38 bits per heavy atom. The van der Waals surface area contributed by atoms with Crippen LogP contribution in [0.5, 0.6) is 5.75 Å². The van der Waals surface area contributed by atoms with Crippen molar-refractivity contribution in [2.24, 2.45) is 0 Å². The van der Waals surface area contributed by atoms with Gasteiger partial charge < -0.3 is 23.4 Å². The molecular weight excluding hydrogens is 484 g/mol. The van der Waals surface area contributed by atoms with Gasteiger partial charge in [-0.3, -0.25) is 4.79 Å². The van der Waals surface area contributed by atoms with Crippen molar-refractivity contribution in [2.45, 2.75) is 95.9 Å². The Morgan fingerprint density at radius 1 is 1.14 bits per heavy atom. The van der Waals surface area contributed by atoms with Crippen molar-refractivity contribution in [3.8, 4) is 5.75 Å². The second-order valence-corrected chi connectivity index (χ2v) is 16.9. The first-order valence-corrected chi connectivity index (χ1v) is 16.0. The number of allylic oxidation sites excluding steroid dienone is 1. The zero-order valence-corrected chi connectivity index (χ0v) is 24.6. The van der Waals surface area contributed by atoms with Crippen molar-refractivity contribution in [1.82, 2.24) is 0 Å². The lowest BCUT2D eigenvalue weighted by atomic mass is 9.82. The highest BCUT2D eigenvalue weighted by molar-refractivity contribution is 6.77. The third-order valence-corrected chi connectivity index (χ3v) is 14.4. The number of carbonyl (C=O) groups is 1. The van der Waals surface area contributed by atoms with Crippen LogP contribution in [0.3, 0.4) is 0 Å². The lowest BCUT2D eigenvalue weighted by Crippen LogP contribution is -2.48. The monoisotopic (exact) mass is 528 g/mol. The molecule has 4 rings (SSSR count). The lowest BCUT2D eigenvalue weighted by molar-refractivity contribution is -0.125. The molecule has 0 bridgehead atoms. The van der Waals surface area contributed by atoms with Crippen LogP contribution in [0.2, 0.25) is 16.6 Å². The topological polar surface area (TPSA) is 63.2 Å². The lowest BCUT2D eigenvalue weighted by Gasteiger charge is -2.42. The van der Waals surface area contributed by atoms with Crippen molar-refractivity contribution in [1.29, 1.82) is 0 Å². The minimum atomic E-state index is -1.94. The van der Waals surface area contributed by atoms with Gasteiger partial charge in [-0.15, -0.1) is 0 Å². The quantitative estimate of drug-likeness (QED) is 0.246. The summed E-state index contributed by atoms with van der Waals surface area (Å²) in [6.07, 6.45) is 6.28. The van der Waals surface area contributed by atoms with Crippen molar-refractivity contribution in [3.05, 3.63) is 53.1 Å². The van der Waals surface area contributed by atoms with Crippen LogP contribution in [0.25, 0.3) is 0 Å². The molecule has 1 aromatic carbocycles. The highest BCUT2D eigenvalue weighted by Crippen LogP contribution is 2.50. The summed E-state index contributed by atoms with van der Waals surface area (Å²) in [4.78, 5) is 13.1. The van der Waals surface area contributed by atoms with E-state index in [2.05, 4.69) is 55.0 Å². The van der Waals surface area contributed by atoms with Gasteiger partial charge in [-0.25, -0.2) is 0 Å². The van der Waals surface area contributed by atoms with Crippen LogP contribution < -0.4 is 4.74 Å². The molecule has 1 aromatic rings. The van der Waals surface area contributed by atoms with Gasteiger partial charge in [0.2, 0.25) is 5.79 Å². The highest BCUT2D eigenvalue weighted by Gasteiger charge is 2.47. The number of hydrogen-bond donors (Lipinski definition) is 0. The molecule has 1 fully saturated rings. The van der Waals surface area contributed by atoms with Gasteiger partial charge >= 0.3 is 0 Å². The van der Waals surface area contributed by atoms with Gasteiger partial charge in [0.1, 0.15) is 12.4 Å². The maximum atomic E-state index is 13.1. The summed E-state index contributed by atoms with van der Waals surface area (Å²) in [5, 5.41) is 0. The molecule has 3 aliphatic rings. The number of carbonyl (C=O) groups excluding carboxylic acids is 1. The number of ketones is 1. The van der Waals surface area contributed by atoms with Crippen LogP contribution in [0.4, 0.5) is 0 Å². The van der Waals surface area contributed by atoms with Crippen LogP contribution in [-0.2, 0) is 30.8 Å². The molecule has 1 spiro atoms. The van der Waals surface area contributed by atoms with E-state index >= 15 is 0 Å². The Bertz CT molecular complexity index is 1020. The Kier molecular flexibility index (Phi) is 8.51. The highest BCUT2D eigenvalue weighted by atomic mass is 28.4. The summed E-state index contributed by atoms with van der Waals surface area (Å²) in [6.45, 7) is 21.6. The molecule has 1 aliphatic carbocycles. The summed E-state index contributed by atoms with van der Waals surface area (Å²) in [6, 6.07) is 2.01. The van der Waals surface area contributed by atoms with Gasteiger partial charge in [-0.2, -0.15) is 0 Å². The molecule has 0 amide bonds. The van der Waals surface area contributed by atoms with E-state index < -0.39 is 14.1 Å². The minimum absolute atomic E-state index is 0.00756. The average molecular weight is 529 g/mol. The van der Waals surface area contributed by atoms with Crippen LogP contribution >= 0.6 is 0 Å². The Balaban J connectivity index is 1.63. The summed E-state index contributed by atoms with van der Waals surface area (Å²) >= 11 is 0. The fourth-order valence-electron chi connectivity index (χ4n) is 6.89. The fourth-order valence-corrected chi connectivity index (χ4v) is 12.4. The third kappa shape index (κ3) is 5.01. The molecule has 2 atom stereocenters. The maximum Gasteiger partial charge on any atom is 0.220 e. The molecule has 204 valence electrons. The molecular formula is C30H44O6Si. The zero-order chi connectivity index (χ0) is 27.0. The molecule has 0 aromatic heterocycles. The van der Waals surface area contributed by atoms with Crippen molar-refractivity contribution < 1.29 is 28.2 Å². The molecule has 1 saturated heterocycles. The van der Waals surface area contributed by atoms with Crippen molar-refractivity contribution in [3.63, 3.8) is 0 Å². The normalized spacial score (nSPS) is 22.7. The molecule has 7 heteroatoms. The number of benzene rings is 1. The molecule has 0 radical (unpaired) electrons. The van der Waals surface area contributed by atoms with Crippen molar-refractivity contribution >= 4 is 14.1 Å². The molecule has 2 heterocycles. The first-order chi connectivity index (χ1) is 17.6. The first-order valence-electron chi connectivity index (χ1n) is 13.8. The summed E-state index contributed by atoms with van der Waals surface area (Å²) in [7, 11) is -1.94. The Hall–Kier alpha value is -1.77. The second-order valence-electron chi connectivity index (χ2n) is 11.4. The predicted molar refractivity (Wildman–Crippen MR) is 148 cm³/mol. The second kappa shape index (κ2) is 11.1. The molecule has 2 aliphatic heterocycles. The number of ether oxygens (including phenoxy) is 4. The van der Waals surface area contributed by atoms with Gasteiger partial charge in [0.25, 0.3) is 0 Å². The minimum Gasteiger partial charge on any atom is -0.489 e. The third-order valence-electron chi connectivity index (χ3n) is 8.29. The van der Waals surface area contributed by atoms with Crippen LogP contribution in [0.15, 0.2) is 30.9 Å². The van der Waals surface area contributed by atoms with Gasteiger partial charge in [0.15, 0.2) is 14.1 Å². The van der Waals surface area contributed by atoms with E-state index in [4.69, 9.17) is 23.4 Å². The molecule has 37 heavy (non-hydrogen) atoms. The summed E-state index contributed by atoms with van der Waals surface area (Å²) in [5.74, 6) is -0.538. The van der Waals surface area contributed by atoms with Gasteiger partial charge in [-0.05, 0) is 60.2 Å². The van der Waals surface area contributed by atoms with E-state index in [1.807, 2.05) is 6.07 Å². The van der Waals surface area contributed by atoms with E-state index in [0.29, 0.717) is 66.3 Å². The Morgan fingerprint density at radius 2 is 1.78 bits per heavy atom. The number of fused-ring (bicyclic) bond motifs is 3. The van der Waals surface area contributed by atoms with Gasteiger partial charge in [-0.1, -0.05) is 54.2 Å². The molecule has 0 unspecified atom stereocenters. The number of rotatable bonds is 10. The van der Waals surface area contributed by atoms with Gasteiger partial charge in [0, 0.05) is 17.7 Å². The molecule has 0 saturated carbocycles. The smallest absolute Gasteiger partial charge is 0.220 e. The fraction of sp³-hybridized carbons (Fsp3) is 0.633. The maximum absolute atomic E-state index is 13.1. The zero-order valence-electron chi connectivity index (χ0n) is 23.6. The Labute approximate surface area is 223 Å². The number of hydrogen-bond acceptors (Lipinski definition) is 6. The molecule has 6 nitrogen and oxygen atoms in total. The van der Waals surface area contributed by atoms with E-state index in [1.165, 1.54) is 0 Å². The van der Waals surface area contributed by atoms with E-state index in [0.717, 1.165) is 17.5 Å². The molecule has 0 N–H and O–H groups in total. The van der Waals surface area contributed by atoms with Crippen LogP contribution in [-0.4, -0.2) is 46.6 Å². The van der Waals surface area contributed by atoms with E-state index in [1.54, 1.807) is 18.2 Å². The van der Waals surface area contributed by atoms with Crippen molar-refractivity contribution in [2.75, 3.05) is 26.4 Å². The first kappa shape index (κ1) is 28.2. The summed E-state index contributed by atoms with van der Waals surface area (Å²) < 4.78 is 31.7. The average Bonchev–Trinajstić information content (AvgIpc) is 3.30. The SMILES string of the molecule is C=CCOc1c2c(cc3c1C1(C=CC3=O)OCCO1)C[C@H](CCO[Si](C(C)C)(C(C)C)C(C)C)O[C@H]2C. The van der Waals surface area contributed by atoms with Gasteiger partial charge in [0.05, 0.1) is 31.0 Å². The summed E-state index contributed by atoms with van der Waals surface area (Å²) in [5.41, 5.74) is 4.91. The van der Waals surface area contributed by atoms with E-state index in [9.17, 15) is 4.79 Å². The van der Waals surface area contributed by atoms with Crippen LogP contribution in [0.1, 0.15) is 88.0 Å².